The van der Waals surface area contributed by atoms with Gasteiger partial charge in [-0.2, -0.15) is 18.4 Å². The first-order valence-electron chi connectivity index (χ1n) is 7.36. The Labute approximate surface area is 156 Å². The molecule has 0 aliphatic carbocycles. The number of hydrogen-bond donors (Lipinski definition) is 3. The Kier molecular flexibility index (Phi) is 5.92. The molecular weight excluding hydrogens is 385 g/mol. The van der Waals surface area contributed by atoms with Crippen LogP contribution in [0.1, 0.15) is 28.4 Å². The minimum absolute atomic E-state index is 0.0591. The molecule has 27 heavy (non-hydrogen) atoms. The zero-order chi connectivity index (χ0) is 20.2. The van der Waals surface area contributed by atoms with Gasteiger partial charge < -0.3 is 5.32 Å². The highest BCUT2D eigenvalue weighted by molar-refractivity contribution is 6.34. The lowest BCUT2D eigenvalue weighted by molar-refractivity contribution is -0.137. The van der Waals surface area contributed by atoms with E-state index in [1.54, 1.807) is 6.07 Å². The molecule has 2 amide bonds. The van der Waals surface area contributed by atoms with Gasteiger partial charge in [0.2, 0.25) is 5.91 Å². The van der Waals surface area contributed by atoms with Gasteiger partial charge in [-0.05, 0) is 36.4 Å². The monoisotopic (exact) mass is 396 g/mol. The molecule has 0 unspecified atom stereocenters. The predicted octanol–water partition coefficient (Wildman–Crippen LogP) is 3.95. The summed E-state index contributed by atoms with van der Waals surface area (Å²) in [5.41, 5.74) is 3.00. The minimum Gasteiger partial charge on any atom is -0.325 e. The van der Waals surface area contributed by atoms with Crippen LogP contribution in [-0.2, 0) is 11.0 Å². The average Bonchev–Trinajstić information content (AvgIpc) is 2.60. The number of alkyl halides is 3. The molecule has 0 heterocycles. The Morgan fingerprint density at radius 2 is 1.78 bits per heavy atom. The van der Waals surface area contributed by atoms with Crippen LogP contribution in [0, 0.1) is 11.3 Å². The van der Waals surface area contributed by atoms with E-state index in [1.807, 2.05) is 0 Å². The summed E-state index contributed by atoms with van der Waals surface area (Å²) in [6.07, 6.45) is -4.72. The third-order valence-electron chi connectivity index (χ3n) is 3.31. The van der Waals surface area contributed by atoms with Crippen LogP contribution < -0.4 is 16.2 Å². The Balaban J connectivity index is 2.18. The van der Waals surface area contributed by atoms with E-state index in [0.29, 0.717) is 11.8 Å². The number of amides is 2. The van der Waals surface area contributed by atoms with Crippen molar-refractivity contribution in [2.45, 2.75) is 13.1 Å². The van der Waals surface area contributed by atoms with Crippen LogP contribution in [0.5, 0.6) is 0 Å². The maximum Gasteiger partial charge on any atom is 0.418 e. The molecule has 0 saturated carbocycles. The number of halogens is 4. The number of rotatable bonds is 4. The van der Waals surface area contributed by atoms with E-state index >= 15 is 0 Å². The van der Waals surface area contributed by atoms with Crippen LogP contribution in [0.15, 0.2) is 36.4 Å². The summed E-state index contributed by atoms with van der Waals surface area (Å²) < 4.78 is 39.3. The van der Waals surface area contributed by atoms with Gasteiger partial charge in [0, 0.05) is 12.5 Å². The van der Waals surface area contributed by atoms with Crippen LogP contribution in [0.25, 0.3) is 0 Å². The van der Waals surface area contributed by atoms with Crippen molar-refractivity contribution in [1.29, 1.82) is 5.26 Å². The maximum atomic E-state index is 13.1. The number of nitriles is 1. The van der Waals surface area contributed by atoms with E-state index in [2.05, 4.69) is 16.2 Å². The Hall–Kier alpha value is -3.25. The smallest absolute Gasteiger partial charge is 0.325 e. The largest absolute Gasteiger partial charge is 0.418 e. The Morgan fingerprint density at radius 3 is 2.33 bits per heavy atom. The normalized spacial score (nSPS) is 10.7. The molecule has 6 nitrogen and oxygen atoms in total. The summed E-state index contributed by atoms with van der Waals surface area (Å²) >= 11 is 5.96. The third kappa shape index (κ3) is 5.12. The molecule has 140 valence electrons. The molecule has 0 aliphatic heterocycles. The SMILES string of the molecule is CC(=O)Nc1ccc(C(=O)NNc2ccc(C#N)cc2C(F)(F)F)cc1Cl. The summed E-state index contributed by atoms with van der Waals surface area (Å²) in [7, 11) is 0. The van der Waals surface area contributed by atoms with Crippen molar-refractivity contribution in [2.24, 2.45) is 0 Å². The maximum absolute atomic E-state index is 13.1. The summed E-state index contributed by atoms with van der Waals surface area (Å²) in [6.45, 7) is 1.29. The first-order chi connectivity index (χ1) is 12.6. The van der Waals surface area contributed by atoms with Gasteiger partial charge in [0.05, 0.1) is 33.6 Å². The highest BCUT2D eigenvalue weighted by atomic mass is 35.5. The van der Waals surface area contributed by atoms with Gasteiger partial charge in [-0.3, -0.25) is 20.4 Å². The fraction of sp³-hybridized carbons (Fsp3) is 0.118. The number of anilines is 2. The van der Waals surface area contributed by atoms with Crippen molar-refractivity contribution in [3.8, 4) is 6.07 Å². The van der Waals surface area contributed by atoms with Crippen LogP contribution in [0.2, 0.25) is 5.02 Å². The van der Waals surface area contributed by atoms with Crippen molar-refractivity contribution in [3.05, 3.63) is 58.1 Å². The first kappa shape index (κ1) is 20.1. The molecule has 0 bridgehead atoms. The summed E-state index contributed by atoms with van der Waals surface area (Å²) in [5, 5.41) is 11.3. The molecule has 0 radical (unpaired) electrons. The molecule has 0 atom stereocenters. The van der Waals surface area contributed by atoms with Gasteiger partial charge in [-0.15, -0.1) is 0 Å². The molecule has 2 rings (SSSR count). The van der Waals surface area contributed by atoms with E-state index in [4.69, 9.17) is 16.9 Å². The van der Waals surface area contributed by atoms with E-state index in [0.717, 1.165) is 6.07 Å². The molecular formula is C17H12ClF3N4O2. The van der Waals surface area contributed by atoms with Gasteiger partial charge in [0.15, 0.2) is 0 Å². The molecule has 2 aromatic carbocycles. The highest BCUT2D eigenvalue weighted by Crippen LogP contribution is 2.35. The molecule has 10 heteroatoms. The third-order valence-corrected chi connectivity index (χ3v) is 3.62. The van der Waals surface area contributed by atoms with Crippen molar-refractivity contribution in [2.75, 3.05) is 10.7 Å². The fourth-order valence-corrected chi connectivity index (χ4v) is 2.33. The fourth-order valence-electron chi connectivity index (χ4n) is 2.10. The van der Waals surface area contributed by atoms with Gasteiger partial charge >= 0.3 is 6.18 Å². The lowest BCUT2D eigenvalue weighted by Gasteiger charge is -2.15. The summed E-state index contributed by atoms with van der Waals surface area (Å²) in [6, 6.07) is 8.51. The predicted molar refractivity (Wildman–Crippen MR) is 93.0 cm³/mol. The molecule has 0 fully saturated rings. The molecule has 0 aliphatic rings. The Morgan fingerprint density at radius 1 is 1.11 bits per heavy atom. The number of carbonyl (C=O) groups is 2. The molecule has 0 aromatic heterocycles. The van der Waals surface area contributed by atoms with Gasteiger partial charge in [-0.1, -0.05) is 11.6 Å². The summed E-state index contributed by atoms with van der Waals surface area (Å²) in [4.78, 5) is 23.2. The lowest BCUT2D eigenvalue weighted by Crippen LogP contribution is -2.30. The molecule has 2 aromatic rings. The zero-order valence-electron chi connectivity index (χ0n) is 13.7. The zero-order valence-corrected chi connectivity index (χ0v) is 14.5. The van der Waals surface area contributed by atoms with E-state index < -0.39 is 23.3 Å². The van der Waals surface area contributed by atoms with Gasteiger partial charge in [0.25, 0.3) is 5.91 Å². The van der Waals surface area contributed by atoms with Gasteiger partial charge in [0.1, 0.15) is 0 Å². The number of nitrogens with zero attached hydrogens (tertiary/aromatic N) is 1. The number of carbonyl (C=O) groups excluding carboxylic acids is 2. The van der Waals surface area contributed by atoms with Crippen LogP contribution in [-0.4, -0.2) is 11.8 Å². The number of nitrogens with one attached hydrogen (secondary N) is 3. The highest BCUT2D eigenvalue weighted by Gasteiger charge is 2.34. The van der Waals surface area contributed by atoms with E-state index in [9.17, 15) is 22.8 Å². The van der Waals surface area contributed by atoms with Crippen molar-refractivity contribution < 1.29 is 22.8 Å². The van der Waals surface area contributed by atoms with Gasteiger partial charge in [-0.25, -0.2) is 0 Å². The topological polar surface area (TPSA) is 94.0 Å². The van der Waals surface area contributed by atoms with Crippen LogP contribution in [0.3, 0.4) is 0 Å². The van der Waals surface area contributed by atoms with Crippen molar-refractivity contribution >= 4 is 34.8 Å². The van der Waals surface area contributed by atoms with E-state index in [-0.39, 0.29) is 22.1 Å². The van der Waals surface area contributed by atoms with Crippen molar-refractivity contribution in [3.63, 3.8) is 0 Å². The number of hydrazine groups is 1. The Bertz CT molecular complexity index is 939. The van der Waals surface area contributed by atoms with Crippen LogP contribution in [0.4, 0.5) is 24.5 Å². The quantitative estimate of drug-likeness (QED) is 0.682. The second-order valence-electron chi connectivity index (χ2n) is 5.32. The summed E-state index contributed by atoms with van der Waals surface area (Å²) in [5.74, 6) is -1.10. The standard InChI is InChI=1S/C17H12ClF3N4O2/c1-9(26)23-15-5-3-11(7-13(15)18)16(27)25-24-14-4-2-10(8-22)6-12(14)17(19,20)21/h2-7,24H,1H3,(H,23,26)(H,25,27). The first-order valence-corrected chi connectivity index (χ1v) is 7.74. The number of benzene rings is 2. The second-order valence-corrected chi connectivity index (χ2v) is 5.73. The number of hydrogen-bond acceptors (Lipinski definition) is 4. The van der Waals surface area contributed by atoms with E-state index in [1.165, 1.54) is 31.2 Å². The van der Waals surface area contributed by atoms with Crippen molar-refractivity contribution in [1.82, 2.24) is 5.43 Å². The lowest BCUT2D eigenvalue weighted by atomic mass is 10.1. The minimum atomic E-state index is -4.72. The second kappa shape index (κ2) is 7.97. The van der Waals surface area contributed by atoms with Crippen LogP contribution >= 0.6 is 11.6 Å². The molecule has 0 spiro atoms. The average molecular weight is 397 g/mol. The molecule has 0 saturated heterocycles. The molecule has 3 N–H and O–H groups in total.